The quantitative estimate of drug-likeness (QED) is 0.938. The highest BCUT2D eigenvalue weighted by Crippen LogP contribution is 2.24. The number of nitrogens with zero attached hydrogens (tertiary/aromatic N) is 4. The molecule has 112 valence electrons. The molecule has 1 fully saturated rings. The van der Waals surface area contributed by atoms with Crippen molar-refractivity contribution in [2.24, 2.45) is 0 Å². The zero-order valence-electron chi connectivity index (χ0n) is 12.8. The summed E-state index contributed by atoms with van der Waals surface area (Å²) < 4.78 is 2.03. The highest BCUT2D eigenvalue weighted by atomic mass is 15.3. The van der Waals surface area contributed by atoms with E-state index in [9.17, 15) is 0 Å². The smallest absolute Gasteiger partial charge is 0.133 e. The van der Waals surface area contributed by atoms with Crippen molar-refractivity contribution in [3.8, 4) is 11.4 Å². The molecule has 0 unspecified atom stereocenters. The molecule has 0 aliphatic carbocycles. The van der Waals surface area contributed by atoms with Gasteiger partial charge in [-0.05, 0) is 44.9 Å². The second-order valence-electron chi connectivity index (χ2n) is 5.74. The minimum absolute atomic E-state index is 0.431. The Hall–Kier alpha value is -1.75. The van der Waals surface area contributed by atoms with Crippen LogP contribution in [0.5, 0.6) is 0 Å². The van der Waals surface area contributed by atoms with E-state index in [-0.39, 0.29) is 0 Å². The van der Waals surface area contributed by atoms with E-state index in [0.717, 1.165) is 49.0 Å². The van der Waals surface area contributed by atoms with Crippen LogP contribution in [-0.4, -0.2) is 32.8 Å². The first-order valence-electron chi connectivity index (χ1n) is 7.86. The Kier molecular flexibility index (Phi) is 4.29. The third-order valence-corrected chi connectivity index (χ3v) is 3.95. The largest absolute Gasteiger partial charge is 0.316 e. The molecule has 1 aliphatic rings. The van der Waals surface area contributed by atoms with Gasteiger partial charge in [0.2, 0.25) is 0 Å². The summed E-state index contributed by atoms with van der Waals surface area (Å²) in [6.45, 7) is 7.22. The fourth-order valence-electron chi connectivity index (χ4n) is 2.92. The van der Waals surface area contributed by atoms with Crippen molar-refractivity contribution in [3.63, 3.8) is 0 Å². The normalized spacial score (nSPS) is 18.9. The van der Waals surface area contributed by atoms with Gasteiger partial charge in [0, 0.05) is 30.9 Å². The zero-order valence-corrected chi connectivity index (χ0v) is 12.8. The molecule has 1 atom stereocenters. The van der Waals surface area contributed by atoms with Gasteiger partial charge in [-0.25, -0.2) is 9.97 Å². The van der Waals surface area contributed by atoms with Crippen molar-refractivity contribution in [1.29, 1.82) is 0 Å². The van der Waals surface area contributed by atoms with E-state index in [1.165, 1.54) is 12.8 Å². The van der Waals surface area contributed by atoms with Crippen LogP contribution in [0, 0.1) is 6.92 Å². The van der Waals surface area contributed by atoms with Gasteiger partial charge in [-0.1, -0.05) is 6.92 Å². The molecule has 1 saturated heterocycles. The van der Waals surface area contributed by atoms with Crippen LogP contribution in [0.4, 0.5) is 0 Å². The van der Waals surface area contributed by atoms with Gasteiger partial charge in [-0.3, -0.25) is 4.68 Å². The lowest BCUT2D eigenvalue weighted by Gasteiger charge is -2.22. The molecule has 0 radical (unpaired) electrons. The molecule has 2 aromatic rings. The second-order valence-corrected chi connectivity index (χ2v) is 5.74. The van der Waals surface area contributed by atoms with Crippen molar-refractivity contribution >= 4 is 0 Å². The summed E-state index contributed by atoms with van der Waals surface area (Å²) in [5, 5.41) is 7.84. The fraction of sp³-hybridized carbons (Fsp3) is 0.562. The van der Waals surface area contributed by atoms with Crippen LogP contribution in [0.1, 0.15) is 43.6 Å². The van der Waals surface area contributed by atoms with Gasteiger partial charge < -0.3 is 5.32 Å². The van der Waals surface area contributed by atoms with Gasteiger partial charge in [-0.15, -0.1) is 0 Å². The predicted octanol–water partition coefficient (Wildman–Crippen LogP) is 2.53. The summed E-state index contributed by atoms with van der Waals surface area (Å²) >= 11 is 0. The molecule has 1 aliphatic heterocycles. The molecule has 0 amide bonds. The summed E-state index contributed by atoms with van der Waals surface area (Å²) in [6, 6.07) is 4.10. The summed E-state index contributed by atoms with van der Waals surface area (Å²) in [5.74, 6) is 1.40. The first kappa shape index (κ1) is 14.2. The summed E-state index contributed by atoms with van der Waals surface area (Å²) in [4.78, 5) is 9.49. The minimum Gasteiger partial charge on any atom is -0.316 e. The van der Waals surface area contributed by atoms with Crippen LogP contribution in [0.25, 0.3) is 11.4 Å². The predicted molar refractivity (Wildman–Crippen MR) is 83.1 cm³/mol. The summed E-state index contributed by atoms with van der Waals surface area (Å²) in [5.41, 5.74) is 3.12. The van der Waals surface area contributed by atoms with Crippen LogP contribution in [0.3, 0.4) is 0 Å². The lowest BCUT2D eigenvalue weighted by atomic mass is 9.98. The standard InChI is InChI=1S/C16H23N5/c1-3-9-21-15(6-8-18-21)14-10-12(2)19-16(20-14)13-5-4-7-17-11-13/h6,8,10,13,17H,3-5,7,9,11H2,1-2H3/t13-/m1/s1. The molecule has 0 aromatic carbocycles. The van der Waals surface area contributed by atoms with Gasteiger partial charge in [0.25, 0.3) is 0 Å². The lowest BCUT2D eigenvalue weighted by Crippen LogP contribution is -2.29. The van der Waals surface area contributed by atoms with Crippen molar-refractivity contribution < 1.29 is 0 Å². The number of hydrogen-bond acceptors (Lipinski definition) is 4. The minimum atomic E-state index is 0.431. The number of aryl methyl sites for hydroxylation is 2. The van der Waals surface area contributed by atoms with Crippen molar-refractivity contribution in [3.05, 3.63) is 29.8 Å². The Balaban J connectivity index is 1.95. The van der Waals surface area contributed by atoms with E-state index in [4.69, 9.17) is 4.98 Å². The molecule has 0 bridgehead atoms. The molecule has 0 saturated carbocycles. The number of aromatic nitrogens is 4. The number of piperidine rings is 1. The van der Waals surface area contributed by atoms with Gasteiger partial charge in [0.05, 0.1) is 11.4 Å². The molecule has 0 spiro atoms. The monoisotopic (exact) mass is 285 g/mol. The third-order valence-electron chi connectivity index (χ3n) is 3.95. The molecule has 1 N–H and O–H groups in total. The Morgan fingerprint density at radius 1 is 1.38 bits per heavy atom. The van der Waals surface area contributed by atoms with E-state index >= 15 is 0 Å². The zero-order chi connectivity index (χ0) is 14.7. The maximum Gasteiger partial charge on any atom is 0.133 e. The topological polar surface area (TPSA) is 55.6 Å². The van der Waals surface area contributed by atoms with E-state index in [1.807, 2.05) is 23.9 Å². The van der Waals surface area contributed by atoms with Crippen molar-refractivity contribution in [1.82, 2.24) is 25.1 Å². The summed E-state index contributed by atoms with van der Waals surface area (Å²) in [7, 11) is 0. The average molecular weight is 285 g/mol. The summed E-state index contributed by atoms with van der Waals surface area (Å²) in [6.07, 6.45) is 5.29. The SMILES string of the molecule is CCCn1nccc1-c1cc(C)nc([C@@H]2CCCNC2)n1. The van der Waals surface area contributed by atoms with Crippen molar-refractivity contribution in [2.75, 3.05) is 13.1 Å². The molecule has 3 heterocycles. The fourth-order valence-corrected chi connectivity index (χ4v) is 2.92. The Morgan fingerprint density at radius 2 is 2.29 bits per heavy atom. The van der Waals surface area contributed by atoms with Crippen LogP contribution in [0.2, 0.25) is 0 Å². The maximum absolute atomic E-state index is 4.83. The van der Waals surface area contributed by atoms with Gasteiger partial charge in [0.1, 0.15) is 5.82 Å². The van der Waals surface area contributed by atoms with Crippen molar-refractivity contribution in [2.45, 2.75) is 45.6 Å². The Bertz CT molecular complexity index is 598. The molecule has 21 heavy (non-hydrogen) atoms. The molecular formula is C16H23N5. The first-order chi connectivity index (χ1) is 10.3. The van der Waals surface area contributed by atoms with Crippen LogP contribution in [0.15, 0.2) is 18.3 Å². The molecular weight excluding hydrogens is 262 g/mol. The van der Waals surface area contributed by atoms with Gasteiger partial charge >= 0.3 is 0 Å². The first-order valence-corrected chi connectivity index (χ1v) is 7.86. The Morgan fingerprint density at radius 3 is 3.05 bits per heavy atom. The maximum atomic E-state index is 4.83. The van der Waals surface area contributed by atoms with E-state index in [0.29, 0.717) is 5.92 Å². The van der Waals surface area contributed by atoms with Crippen LogP contribution in [-0.2, 0) is 6.54 Å². The van der Waals surface area contributed by atoms with Crippen LogP contribution < -0.4 is 5.32 Å². The molecule has 5 nitrogen and oxygen atoms in total. The molecule has 5 heteroatoms. The highest BCUT2D eigenvalue weighted by Gasteiger charge is 2.19. The van der Waals surface area contributed by atoms with Gasteiger partial charge in [0.15, 0.2) is 0 Å². The number of rotatable bonds is 4. The number of nitrogens with one attached hydrogen (secondary N) is 1. The molecule has 3 rings (SSSR count). The van der Waals surface area contributed by atoms with E-state index in [1.54, 1.807) is 0 Å². The highest BCUT2D eigenvalue weighted by molar-refractivity contribution is 5.54. The van der Waals surface area contributed by atoms with E-state index in [2.05, 4.69) is 28.4 Å². The third kappa shape index (κ3) is 3.13. The second kappa shape index (κ2) is 6.35. The number of hydrogen-bond donors (Lipinski definition) is 1. The lowest BCUT2D eigenvalue weighted by molar-refractivity contribution is 0.446. The van der Waals surface area contributed by atoms with Crippen LogP contribution >= 0.6 is 0 Å². The molecule has 2 aromatic heterocycles. The van der Waals surface area contributed by atoms with Gasteiger partial charge in [-0.2, -0.15) is 5.10 Å². The average Bonchev–Trinajstić information content (AvgIpc) is 2.96. The van der Waals surface area contributed by atoms with E-state index < -0.39 is 0 Å². The Labute approximate surface area is 125 Å².